The first-order chi connectivity index (χ1) is 6.79. The summed E-state index contributed by atoms with van der Waals surface area (Å²) in [5.41, 5.74) is 2.26. The van der Waals surface area contributed by atoms with Gasteiger partial charge in [-0.25, -0.2) is 0 Å². The second-order valence-electron chi connectivity index (χ2n) is 3.50. The third kappa shape index (κ3) is 2.15. The van der Waals surface area contributed by atoms with Crippen molar-refractivity contribution in [3.05, 3.63) is 35.9 Å². The number of hydrogen-bond donors (Lipinski definition) is 0. The van der Waals surface area contributed by atoms with Crippen LogP contribution in [-0.4, -0.2) is 19.3 Å². The van der Waals surface area contributed by atoms with Crippen molar-refractivity contribution in [3.63, 3.8) is 0 Å². The fraction of sp³-hybridized carbons (Fsp3) is 0.333. The first-order valence-electron chi connectivity index (χ1n) is 4.77. The topological polar surface area (TPSA) is 21.8 Å². The second-order valence-corrected chi connectivity index (χ2v) is 3.50. The summed E-state index contributed by atoms with van der Waals surface area (Å²) in [7, 11) is 0. The van der Waals surface area contributed by atoms with Crippen molar-refractivity contribution in [2.45, 2.75) is 13.0 Å². The van der Waals surface area contributed by atoms with Crippen LogP contribution in [-0.2, 0) is 4.74 Å². The molecule has 0 spiro atoms. The molecule has 0 saturated carbocycles. The number of hydrogen-bond acceptors (Lipinski definition) is 2. The van der Waals surface area contributed by atoms with Gasteiger partial charge in [0.2, 0.25) is 0 Å². The largest absolute Gasteiger partial charge is 0.491 e. The van der Waals surface area contributed by atoms with Gasteiger partial charge in [-0.2, -0.15) is 0 Å². The zero-order valence-corrected chi connectivity index (χ0v) is 8.32. The summed E-state index contributed by atoms with van der Waals surface area (Å²) in [4.78, 5) is 0. The lowest BCUT2D eigenvalue weighted by Gasteiger charge is -2.08. The van der Waals surface area contributed by atoms with Gasteiger partial charge in [0, 0.05) is 0 Å². The highest BCUT2D eigenvalue weighted by Crippen LogP contribution is 2.21. The van der Waals surface area contributed by atoms with Crippen LogP contribution >= 0.6 is 0 Å². The highest BCUT2D eigenvalue weighted by Gasteiger charge is 2.23. The molecule has 0 N–H and O–H groups in total. The van der Waals surface area contributed by atoms with Crippen LogP contribution in [0, 0.1) is 6.92 Å². The summed E-state index contributed by atoms with van der Waals surface area (Å²) in [5, 5.41) is 0. The third-order valence-electron chi connectivity index (χ3n) is 2.26. The van der Waals surface area contributed by atoms with Crippen LogP contribution in [0.25, 0.3) is 6.08 Å². The molecule has 1 aliphatic heterocycles. The molecule has 2 heteroatoms. The minimum absolute atomic E-state index is 0.313. The van der Waals surface area contributed by atoms with Crippen LogP contribution in [0.1, 0.15) is 11.1 Å². The Bertz CT molecular complexity index is 340. The van der Waals surface area contributed by atoms with E-state index in [2.05, 4.69) is 12.6 Å². The SMILES string of the molecule is C=Cc1ccc(OCC2CO2)c(C)c1. The Morgan fingerprint density at radius 3 is 3.00 bits per heavy atom. The van der Waals surface area contributed by atoms with Crippen molar-refractivity contribution < 1.29 is 9.47 Å². The number of rotatable bonds is 4. The molecule has 74 valence electrons. The van der Waals surface area contributed by atoms with Crippen LogP contribution in [0.15, 0.2) is 24.8 Å². The number of aryl methyl sites for hydroxylation is 1. The maximum Gasteiger partial charge on any atom is 0.122 e. The first-order valence-corrected chi connectivity index (χ1v) is 4.77. The fourth-order valence-electron chi connectivity index (χ4n) is 1.31. The zero-order valence-electron chi connectivity index (χ0n) is 8.32. The van der Waals surface area contributed by atoms with Crippen molar-refractivity contribution in [3.8, 4) is 5.75 Å². The molecule has 1 unspecified atom stereocenters. The summed E-state index contributed by atoms with van der Waals surface area (Å²) in [6, 6.07) is 6.05. The van der Waals surface area contributed by atoms with Gasteiger partial charge < -0.3 is 9.47 Å². The number of epoxide rings is 1. The zero-order chi connectivity index (χ0) is 9.97. The van der Waals surface area contributed by atoms with E-state index < -0.39 is 0 Å². The second kappa shape index (κ2) is 3.84. The predicted octanol–water partition coefficient (Wildman–Crippen LogP) is 2.42. The van der Waals surface area contributed by atoms with Gasteiger partial charge in [0.1, 0.15) is 18.5 Å². The van der Waals surface area contributed by atoms with E-state index in [1.54, 1.807) is 0 Å². The smallest absolute Gasteiger partial charge is 0.122 e. The van der Waals surface area contributed by atoms with Gasteiger partial charge >= 0.3 is 0 Å². The monoisotopic (exact) mass is 190 g/mol. The van der Waals surface area contributed by atoms with Gasteiger partial charge in [-0.05, 0) is 30.2 Å². The van der Waals surface area contributed by atoms with E-state index >= 15 is 0 Å². The van der Waals surface area contributed by atoms with Gasteiger partial charge in [0.15, 0.2) is 0 Å². The molecule has 1 atom stereocenters. The highest BCUT2D eigenvalue weighted by molar-refractivity contribution is 5.51. The molecule has 2 nitrogen and oxygen atoms in total. The maximum atomic E-state index is 5.60. The summed E-state index contributed by atoms with van der Waals surface area (Å²) < 4.78 is 10.7. The average Bonchev–Trinajstić information content (AvgIpc) is 2.99. The molecule has 0 aliphatic carbocycles. The minimum atomic E-state index is 0.313. The summed E-state index contributed by atoms with van der Waals surface area (Å²) >= 11 is 0. The fourth-order valence-corrected chi connectivity index (χ4v) is 1.31. The van der Waals surface area contributed by atoms with E-state index in [0.29, 0.717) is 12.7 Å². The lowest BCUT2D eigenvalue weighted by atomic mass is 10.1. The minimum Gasteiger partial charge on any atom is -0.491 e. The Hall–Kier alpha value is -1.28. The lowest BCUT2D eigenvalue weighted by Crippen LogP contribution is -2.04. The van der Waals surface area contributed by atoms with Crippen LogP contribution in [0.2, 0.25) is 0 Å². The summed E-state index contributed by atoms with van der Waals surface area (Å²) in [5.74, 6) is 0.936. The quantitative estimate of drug-likeness (QED) is 0.680. The van der Waals surface area contributed by atoms with Crippen LogP contribution in [0.4, 0.5) is 0 Å². The van der Waals surface area contributed by atoms with E-state index in [-0.39, 0.29) is 0 Å². The molecule has 1 aromatic rings. The third-order valence-corrected chi connectivity index (χ3v) is 2.26. The Morgan fingerprint density at radius 2 is 2.43 bits per heavy atom. The molecular formula is C12H14O2. The van der Waals surface area contributed by atoms with Gasteiger partial charge in [-0.3, -0.25) is 0 Å². The van der Waals surface area contributed by atoms with E-state index in [0.717, 1.165) is 23.5 Å². The van der Waals surface area contributed by atoms with Gasteiger partial charge in [0.25, 0.3) is 0 Å². The van der Waals surface area contributed by atoms with Gasteiger partial charge in [0.05, 0.1) is 6.61 Å². The maximum absolute atomic E-state index is 5.60. The van der Waals surface area contributed by atoms with Crippen molar-refractivity contribution >= 4 is 6.08 Å². The molecule has 1 heterocycles. The van der Waals surface area contributed by atoms with E-state index in [1.165, 1.54) is 0 Å². The van der Waals surface area contributed by atoms with E-state index in [1.807, 2.05) is 25.1 Å². The first kappa shape index (κ1) is 9.28. The Labute approximate surface area is 84.2 Å². The van der Waals surface area contributed by atoms with Crippen molar-refractivity contribution in [2.75, 3.05) is 13.2 Å². The summed E-state index contributed by atoms with van der Waals surface area (Å²) in [6.45, 7) is 7.26. The predicted molar refractivity (Wildman–Crippen MR) is 56.5 cm³/mol. The Morgan fingerprint density at radius 1 is 1.64 bits per heavy atom. The molecule has 1 aromatic carbocycles. The van der Waals surface area contributed by atoms with Crippen LogP contribution < -0.4 is 4.74 Å². The van der Waals surface area contributed by atoms with Gasteiger partial charge in [-0.1, -0.05) is 18.7 Å². The average molecular weight is 190 g/mol. The molecule has 0 amide bonds. The van der Waals surface area contributed by atoms with Gasteiger partial charge in [-0.15, -0.1) is 0 Å². The molecule has 1 saturated heterocycles. The van der Waals surface area contributed by atoms with Crippen molar-refractivity contribution in [2.24, 2.45) is 0 Å². The molecule has 2 rings (SSSR count). The van der Waals surface area contributed by atoms with E-state index in [4.69, 9.17) is 9.47 Å². The highest BCUT2D eigenvalue weighted by atomic mass is 16.6. The van der Waals surface area contributed by atoms with Crippen molar-refractivity contribution in [1.29, 1.82) is 0 Å². The molecule has 1 aliphatic rings. The normalized spacial score (nSPS) is 19.1. The molecule has 1 fully saturated rings. The summed E-state index contributed by atoms with van der Waals surface area (Å²) in [6.07, 6.45) is 2.15. The number of benzene rings is 1. The standard InChI is InChI=1S/C12H14O2/c1-3-10-4-5-12(9(2)6-10)14-8-11-7-13-11/h3-6,11H,1,7-8H2,2H3. The molecular weight excluding hydrogens is 176 g/mol. The lowest BCUT2D eigenvalue weighted by molar-refractivity contribution is 0.262. The molecule has 0 radical (unpaired) electrons. The molecule has 0 bridgehead atoms. The van der Waals surface area contributed by atoms with Crippen molar-refractivity contribution in [1.82, 2.24) is 0 Å². The van der Waals surface area contributed by atoms with Crippen LogP contribution in [0.5, 0.6) is 5.75 Å². The van der Waals surface area contributed by atoms with E-state index in [9.17, 15) is 0 Å². The Balaban J connectivity index is 2.04. The Kier molecular flexibility index (Phi) is 2.55. The number of ether oxygens (including phenoxy) is 2. The molecule has 0 aromatic heterocycles. The molecule has 14 heavy (non-hydrogen) atoms. The van der Waals surface area contributed by atoms with Crippen LogP contribution in [0.3, 0.4) is 0 Å².